The Balaban J connectivity index is 1.64. The number of anilines is 1. The molecule has 0 saturated heterocycles. The summed E-state index contributed by atoms with van der Waals surface area (Å²) in [5.41, 5.74) is 1.22. The fraction of sp³-hybridized carbons (Fsp3) is 0.278. The zero-order chi connectivity index (χ0) is 20.1. The van der Waals surface area contributed by atoms with Crippen LogP contribution < -0.4 is 5.32 Å². The molecule has 0 saturated carbocycles. The molecule has 8 nitrogen and oxygen atoms in total. The van der Waals surface area contributed by atoms with Gasteiger partial charge in [0.05, 0.1) is 17.9 Å². The van der Waals surface area contributed by atoms with Crippen LogP contribution in [0, 0.1) is 6.92 Å². The van der Waals surface area contributed by atoms with Crippen molar-refractivity contribution >= 4 is 40.0 Å². The predicted molar refractivity (Wildman–Crippen MR) is 109 cm³/mol. The van der Waals surface area contributed by atoms with E-state index in [0.717, 1.165) is 10.4 Å². The van der Waals surface area contributed by atoms with Crippen molar-refractivity contribution < 1.29 is 14.3 Å². The van der Waals surface area contributed by atoms with Crippen LogP contribution in [0.1, 0.15) is 22.2 Å². The Labute approximate surface area is 170 Å². The Hall–Kier alpha value is -2.72. The van der Waals surface area contributed by atoms with Crippen LogP contribution in [0.5, 0.6) is 0 Å². The molecule has 0 aliphatic rings. The SMILES string of the molecule is CCOC(=O)c1cc(C)sc1NC(=O)CSc1nnc(-c2cccnc2)n1C. The highest BCUT2D eigenvalue weighted by Gasteiger charge is 2.19. The molecule has 0 bridgehead atoms. The third-order valence-corrected chi connectivity index (χ3v) is 5.68. The van der Waals surface area contributed by atoms with Crippen LogP contribution in [0.25, 0.3) is 11.4 Å². The quantitative estimate of drug-likeness (QED) is 0.466. The number of pyridine rings is 1. The standard InChI is InChI=1S/C18H19N5O3S2/c1-4-26-17(25)13-8-11(2)28-16(13)20-14(24)10-27-18-22-21-15(23(18)3)12-6-5-7-19-9-12/h5-9H,4,10H2,1-3H3,(H,20,24). The first kappa shape index (κ1) is 20.0. The van der Waals surface area contributed by atoms with Gasteiger partial charge in [-0.25, -0.2) is 4.79 Å². The van der Waals surface area contributed by atoms with E-state index >= 15 is 0 Å². The van der Waals surface area contributed by atoms with Crippen LogP contribution in [0.2, 0.25) is 0 Å². The number of ether oxygens (including phenoxy) is 1. The van der Waals surface area contributed by atoms with E-state index in [1.165, 1.54) is 23.1 Å². The van der Waals surface area contributed by atoms with Gasteiger partial charge in [-0.05, 0) is 32.0 Å². The molecule has 3 rings (SSSR count). The van der Waals surface area contributed by atoms with Gasteiger partial charge in [0.1, 0.15) is 5.00 Å². The first-order chi connectivity index (χ1) is 13.5. The highest BCUT2D eigenvalue weighted by atomic mass is 32.2. The molecule has 0 aromatic carbocycles. The number of nitrogens with zero attached hydrogens (tertiary/aromatic N) is 4. The lowest BCUT2D eigenvalue weighted by Crippen LogP contribution is -2.16. The minimum absolute atomic E-state index is 0.137. The summed E-state index contributed by atoms with van der Waals surface area (Å²) in [4.78, 5) is 29.4. The van der Waals surface area contributed by atoms with Gasteiger partial charge in [0, 0.05) is 29.9 Å². The Morgan fingerprint density at radius 3 is 2.89 bits per heavy atom. The Bertz CT molecular complexity index is 985. The third-order valence-electron chi connectivity index (χ3n) is 3.69. The predicted octanol–water partition coefficient (Wildman–Crippen LogP) is 3.15. The van der Waals surface area contributed by atoms with Crippen LogP contribution in [0.4, 0.5) is 5.00 Å². The van der Waals surface area contributed by atoms with Crippen LogP contribution in [-0.2, 0) is 16.6 Å². The van der Waals surface area contributed by atoms with Gasteiger partial charge in [-0.15, -0.1) is 21.5 Å². The van der Waals surface area contributed by atoms with E-state index in [9.17, 15) is 9.59 Å². The lowest BCUT2D eigenvalue weighted by Gasteiger charge is -2.06. The van der Waals surface area contributed by atoms with Crippen molar-refractivity contribution in [3.05, 3.63) is 41.0 Å². The van der Waals surface area contributed by atoms with Gasteiger partial charge in [-0.3, -0.25) is 9.78 Å². The summed E-state index contributed by atoms with van der Waals surface area (Å²) < 4.78 is 6.85. The normalized spacial score (nSPS) is 10.7. The molecule has 3 aromatic rings. The number of amides is 1. The van der Waals surface area contributed by atoms with Crippen LogP contribution in [-0.4, -0.2) is 44.0 Å². The zero-order valence-corrected chi connectivity index (χ0v) is 17.3. The van der Waals surface area contributed by atoms with E-state index in [2.05, 4.69) is 20.5 Å². The maximum atomic E-state index is 12.4. The minimum atomic E-state index is -0.441. The molecule has 0 atom stereocenters. The summed E-state index contributed by atoms with van der Waals surface area (Å²) in [6.07, 6.45) is 3.40. The molecule has 0 radical (unpaired) electrons. The lowest BCUT2D eigenvalue weighted by atomic mass is 10.3. The zero-order valence-electron chi connectivity index (χ0n) is 15.6. The molecule has 146 valence electrons. The second kappa shape index (κ2) is 8.98. The Morgan fingerprint density at radius 2 is 2.18 bits per heavy atom. The smallest absolute Gasteiger partial charge is 0.341 e. The highest BCUT2D eigenvalue weighted by molar-refractivity contribution is 7.99. The fourth-order valence-electron chi connectivity index (χ4n) is 2.45. The number of aromatic nitrogens is 4. The molecule has 28 heavy (non-hydrogen) atoms. The molecule has 0 fully saturated rings. The van der Waals surface area contributed by atoms with Gasteiger partial charge in [0.25, 0.3) is 0 Å². The number of carbonyl (C=O) groups is 2. The van der Waals surface area contributed by atoms with Gasteiger partial charge in [0.2, 0.25) is 5.91 Å². The maximum absolute atomic E-state index is 12.4. The molecule has 0 spiro atoms. The molecule has 1 N–H and O–H groups in total. The summed E-state index contributed by atoms with van der Waals surface area (Å²) in [6, 6.07) is 5.44. The fourth-order valence-corrected chi connectivity index (χ4v) is 4.07. The molecule has 0 aliphatic heterocycles. The first-order valence-electron chi connectivity index (χ1n) is 8.49. The number of rotatable bonds is 7. The van der Waals surface area contributed by atoms with Crippen molar-refractivity contribution in [3.8, 4) is 11.4 Å². The van der Waals surface area contributed by atoms with Gasteiger partial charge in [-0.2, -0.15) is 0 Å². The number of esters is 1. The van der Waals surface area contributed by atoms with E-state index < -0.39 is 5.97 Å². The van der Waals surface area contributed by atoms with Gasteiger partial charge in [0.15, 0.2) is 11.0 Å². The second-order valence-corrected chi connectivity index (χ2v) is 7.96. The Morgan fingerprint density at radius 1 is 1.36 bits per heavy atom. The molecule has 1 amide bonds. The summed E-state index contributed by atoms with van der Waals surface area (Å²) in [7, 11) is 1.84. The molecule has 10 heteroatoms. The van der Waals surface area contributed by atoms with Crippen LogP contribution >= 0.6 is 23.1 Å². The van der Waals surface area contributed by atoms with Crippen LogP contribution in [0.3, 0.4) is 0 Å². The third kappa shape index (κ3) is 4.57. The number of hydrogen-bond donors (Lipinski definition) is 1. The van der Waals surface area contributed by atoms with E-state index in [1.807, 2.05) is 30.7 Å². The monoisotopic (exact) mass is 417 g/mol. The van der Waals surface area contributed by atoms with E-state index in [4.69, 9.17) is 4.74 Å². The number of thioether (sulfide) groups is 1. The Kier molecular flexibility index (Phi) is 6.42. The topological polar surface area (TPSA) is 99.0 Å². The van der Waals surface area contributed by atoms with Crippen molar-refractivity contribution in [3.63, 3.8) is 0 Å². The molecule has 3 aromatic heterocycles. The van der Waals surface area contributed by atoms with Crippen molar-refractivity contribution in [1.29, 1.82) is 0 Å². The second-order valence-electron chi connectivity index (χ2n) is 5.76. The van der Waals surface area contributed by atoms with Crippen molar-refractivity contribution in [2.75, 3.05) is 17.7 Å². The molecule has 3 heterocycles. The number of nitrogens with one attached hydrogen (secondary N) is 1. The van der Waals surface area contributed by atoms with Gasteiger partial charge in [-0.1, -0.05) is 11.8 Å². The van der Waals surface area contributed by atoms with Crippen molar-refractivity contribution in [2.24, 2.45) is 7.05 Å². The summed E-state index contributed by atoms with van der Waals surface area (Å²) in [5, 5.41) is 12.2. The van der Waals surface area contributed by atoms with E-state index in [-0.39, 0.29) is 18.3 Å². The molecule has 0 aliphatic carbocycles. The number of thiophene rings is 1. The van der Waals surface area contributed by atoms with E-state index in [1.54, 1.807) is 25.4 Å². The first-order valence-corrected chi connectivity index (χ1v) is 10.3. The van der Waals surface area contributed by atoms with Crippen molar-refractivity contribution in [1.82, 2.24) is 19.7 Å². The summed E-state index contributed by atoms with van der Waals surface area (Å²) >= 11 is 2.61. The summed E-state index contributed by atoms with van der Waals surface area (Å²) in [6.45, 7) is 3.90. The van der Waals surface area contributed by atoms with Gasteiger partial charge >= 0.3 is 5.97 Å². The van der Waals surface area contributed by atoms with E-state index in [0.29, 0.717) is 21.5 Å². The average Bonchev–Trinajstić information content (AvgIpc) is 3.23. The molecular weight excluding hydrogens is 398 g/mol. The largest absolute Gasteiger partial charge is 0.462 e. The summed E-state index contributed by atoms with van der Waals surface area (Å²) in [5.74, 6) is 0.139. The average molecular weight is 418 g/mol. The highest BCUT2D eigenvalue weighted by Crippen LogP contribution is 2.29. The number of carbonyl (C=O) groups excluding carboxylic acids is 2. The molecule has 0 unspecified atom stereocenters. The van der Waals surface area contributed by atoms with Crippen molar-refractivity contribution in [2.45, 2.75) is 19.0 Å². The maximum Gasteiger partial charge on any atom is 0.341 e. The lowest BCUT2D eigenvalue weighted by molar-refractivity contribution is -0.113. The minimum Gasteiger partial charge on any atom is -0.462 e. The van der Waals surface area contributed by atoms with Crippen LogP contribution in [0.15, 0.2) is 35.7 Å². The van der Waals surface area contributed by atoms with Gasteiger partial charge < -0.3 is 14.6 Å². The number of hydrogen-bond acceptors (Lipinski definition) is 8. The number of aryl methyl sites for hydroxylation is 1. The molecular formula is C18H19N5O3S2.